The molecule has 6 heteroatoms. The molecule has 0 radical (unpaired) electrons. The molecule has 4 N–H and O–H groups in total. The number of carboxylic acids is 1. The number of nitrogens with two attached hydrogens (primary N) is 1. The Morgan fingerprint density at radius 2 is 1.86 bits per heavy atom. The molecule has 0 aromatic heterocycles. The number of hydrogen-bond acceptors (Lipinski definition) is 5. The van der Waals surface area contributed by atoms with E-state index in [1.165, 1.54) is 7.11 Å². The standard InChI is InChI=1S/C16H17NO4S/c1-21-12-8-6-11(7-9-12)16(20,10-15(18)19)22-14-5-3-2-4-13(14)17/h2-9,20H,10,17H2,1H3,(H,18,19). The first-order valence-corrected chi connectivity index (χ1v) is 7.38. The maximum Gasteiger partial charge on any atom is 0.307 e. The van der Waals surface area contributed by atoms with Crippen LogP contribution in [0.1, 0.15) is 12.0 Å². The maximum absolute atomic E-state index is 11.2. The molecule has 0 aliphatic carbocycles. The van der Waals surface area contributed by atoms with Crippen molar-refractivity contribution in [2.75, 3.05) is 12.8 Å². The number of hydrogen-bond donors (Lipinski definition) is 3. The van der Waals surface area contributed by atoms with E-state index in [1.54, 1.807) is 48.5 Å². The van der Waals surface area contributed by atoms with Crippen molar-refractivity contribution in [1.82, 2.24) is 0 Å². The van der Waals surface area contributed by atoms with Crippen molar-refractivity contribution in [3.05, 3.63) is 54.1 Å². The van der Waals surface area contributed by atoms with Crippen LogP contribution in [-0.2, 0) is 9.73 Å². The Balaban J connectivity index is 2.38. The number of nitrogen functional groups attached to an aromatic ring is 1. The summed E-state index contributed by atoms with van der Waals surface area (Å²) in [4.78, 5) is 10.2. The first-order chi connectivity index (χ1) is 10.4. The third-order valence-electron chi connectivity index (χ3n) is 3.13. The minimum absolute atomic E-state index is 0.446. The average molecular weight is 319 g/mol. The third-order valence-corrected chi connectivity index (χ3v) is 4.44. The first kappa shape index (κ1) is 16.2. The van der Waals surface area contributed by atoms with E-state index in [0.717, 1.165) is 11.8 Å². The number of rotatable bonds is 6. The minimum Gasteiger partial charge on any atom is -0.497 e. The quantitative estimate of drug-likeness (QED) is 0.431. The van der Waals surface area contributed by atoms with Gasteiger partial charge in [-0.25, -0.2) is 0 Å². The number of para-hydroxylation sites is 1. The molecule has 5 nitrogen and oxygen atoms in total. The number of aliphatic carboxylic acids is 1. The molecule has 0 aliphatic heterocycles. The van der Waals surface area contributed by atoms with Crippen LogP contribution < -0.4 is 10.5 Å². The van der Waals surface area contributed by atoms with E-state index in [-0.39, 0.29) is 0 Å². The summed E-state index contributed by atoms with van der Waals surface area (Å²) >= 11 is 1.02. The Labute approximate surface area is 132 Å². The highest BCUT2D eigenvalue weighted by Crippen LogP contribution is 2.44. The van der Waals surface area contributed by atoms with Gasteiger partial charge in [0.15, 0.2) is 4.93 Å². The summed E-state index contributed by atoms with van der Waals surface area (Å²) in [5.41, 5.74) is 6.85. The zero-order valence-corrected chi connectivity index (χ0v) is 12.8. The Kier molecular flexibility index (Phi) is 4.95. The predicted molar refractivity (Wildman–Crippen MR) is 85.9 cm³/mol. The van der Waals surface area contributed by atoms with Crippen LogP contribution in [0.25, 0.3) is 0 Å². The first-order valence-electron chi connectivity index (χ1n) is 6.57. The lowest BCUT2D eigenvalue weighted by atomic mass is 10.1. The number of thioether (sulfide) groups is 1. The van der Waals surface area contributed by atoms with Crippen LogP contribution in [0.2, 0.25) is 0 Å². The third kappa shape index (κ3) is 3.72. The minimum atomic E-state index is -1.62. The lowest BCUT2D eigenvalue weighted by molar-refractivity contribution is -0.140. The number of benzene rings is 2. The van der Waals surface area contributed by atoms with Crippen LogP contribution in [0.5, 0.6) is 5.75 Å². The molecule has 2 aromatic carbocycles. The molecule has 2 aromatic rings. The van der Waals surface area contributed by atoms with Crippen molar-refractivity contribution in [3.8, 4) is 5.75 Å². The summed E-state index contributed by atoms with van der Waals surface area (Å²) in [6, 6.07) is 13.7. The molecule has 22 heavy (non-hydrogen) atoms. The molecule has 116 valence electrons. The second-order valence-electron chi connectivity index (χ2n) is 4.72. The molecule has 0 saturated heterocycles. The van der Waals surface area contributed by atoms with Crippen molar-refractivity contribution in [2.45, 2.75) is 16.2 Å². The second-order valence-corrected chi connectivity index (χ2v) is 6.04. The van der Waals surface area contributed by atoms with Crippen LogP contribution in [0, 0.1) is 0 Å². The summed E-state index contributed by atoms with van der Waals surface area (Å²) in [5, 5.41) is 20.0. The van der Waals surface area contributed by atoms with Crippen LogP contribution >= 0.6 is 11.8 Å². The van der Waals surface area contributed by atoms with Gasteiger partial charge in [-0.05, 0) is 29.8 Å². The van der Waals surface area contributed by atoms with Crippen molar-refractivity contribution in [1.29, 1.82) is 0 Å². The van der Waals surface area contributed by atoms with Gasteiger partial charge in [0, 0.05) is 10.6 Å². The van der Waals surface area contributed by atoms with Gasteiger partial charge < -0.3 is 20.7 Å². The fraction of sp³-hybridized carbons (Fsp3) is 0.188. The van der Waals surface area contributed by atoms with Gasteiger partial charge in [-0.2, -0.15) is 0 Å². The number of ether oxygens (including phenoxy) is 1. The van der Waals surface area contributed by atoms with Crippen LogP contribution in [0.3, 0.4) is 0 Å². The zero-order valence-electron chi connectivity index (χ0n) is 12.0. The van der Waals surface area contributed by atoms with Gasteiger partial charge in [-0.15, -0.1) is 0 Å². The monoisotopic (exact) mass is 319 g/mol. The molecule has 0 saturated carbocycles. The lowest BCUT2D eigenvalue weighted by Crippen LogP contribution is -2.25. The van der Waals surface area contributed by atoms with Crippen LogP contribution in [-0.4, -0.2) is 23.3 Å². The summed E-state index contributed by atoms with van der Waals surface area (Å²) in [7, 11) is 1.54. The van der Waals surface area contributed by atoms with Crippen LogP contribution in [0.15, 0.2) is 53.4 Å². The second kappa shape index (κ2) is 6.72. The highest BCUT2D eigenvalue weighted by Gasteiger charge is 2.34. The van der Waals surface area contributed by atoms with Crippen LogP contribution in [0.4, 0.5) is 5.69 Å². The molecule has 0 aliphatic rings. The summed E-state index contributed by atoms with van der Waals surface area (Å²) in [5.74, 6) is -0.467. The molecular formula is C16H17NO4S. The predicted octanol–water partition coefficient (Wildman–Crippen LogP) is 2.69. The van der Waals surface area contributed by atoms with E-state index in [2.05, 4.69) is 0 Å². The zero-order chi connectivity index (χ0) is 16.2. The molecule has 0 fully saturated rings. The average Bonchev–Trinajstić information content (AvgIpc) is 2.49. The number of aliphatic hydroxyl groups is 1. The SMILES string of the molecule is COc1ccc(C(O)(CC(=O)O)Sc2ccccc2N)cc1. The number of carbonyl (C=O) groups is 1. The van der Waals surface area contributed by atoms with Gasteiger partial charge in [-0.1, -0.05) is 36.0 Å². The van der Waals surface area contributed by atoms with E-state index in [0.29, 0.717) is 21.9 Å². The van der Waals surface area contributed by atoms with Crippen molar-refractivity contribution in [3.63, 3.8) is 0 Å². The molecule has 0 amide bonds. The van der Waals surface area contributed by atoms with E-state index < -0.39 is 17.3 Å². The molecule has 0 spiro atoms. The Bertz CT molecular complexity index is 659. The molecule has 2 rings (SSSR count). The highest BCUT2D eigenvalue weighted by atomic mass is 32.2. The Morgan fingerprint density at radius 3 is 2.41 bits per heavy atom. The molecule has 1 atom stereocenters. The Hall–Kier alpha value is -2.18. The van der Waals surface area contributed by atoms with Gasteiger partial charge >= 0.3 is 5.97 Å². The highest BCUT2D eigenvalue weighted by molar-refractivity contribution is 8.00. The number of carboxylic acid groups (broad SMARTS) is 1. The van der Waals surface area contributed by atoms with Gasteiger partial charge in [-0.3, -0.25) is 4.79 Å². The molecular weight excluding hydrogens is 302 g/mol. The molecule has 1 unspecified atom stereocenters. The summed E-state index contributed by atoms with van der Waals surface area (Å²) in [6.07, 6.45) is -0.446. The summed E-state index contributed by atoms with van der Waals surface area (Å²) < 4.78 is 5.08. The summed E-state index contributed by atoms with van der Waals surface area (Å²) in [6.45, 7) is 0. The van der Waals surface area contributed by atoms with E-state index in [1.807, 2.05) is 0 Å². The van der Waals surface area contributed by atoms with Gasteiger partial charge in [0.1, 0.15) is 5.75 Å². The molecule has 0 bridgehead atoms. The molecule has 0 heterocycles. The largest absolute Gasteiger partial charge is 0.497 e. The number of methoxy groups -OCH3 is 1. The van der Waals surface area contributed by atoms with Gasteiger partial charge in [0.05, 0.1) is 13.5 Å². The van der Waals surface area contributed by atoms with Crippen molar-refractivity contribution in [2.24, 2.45) is 0 Å². The van der Waals surface area contributed by atoms with Crippen molar-refractivity contribution >= 4 is 23.4 Å². The Morgan fingerprint density at radius 1 is 1.23 bits per heavy atom. The number of anilines is 1. The normalized spacial score (nSPS) is 13.4. The topological polar surface area (TPSA) is 92.8 Å². The van der Waals surface area contributed by atoms with E-state index >= 15 is 0 Å². The van der Waals surface area contributed by atoms with Crippen molar-refractivity contribution < 1.29 is 19.7 Å². The smallest absolute Gasteiger partial charge is 0.307 e. The van der Waals surface area contributed by atoms with Gasteiger partial charge in [0.25, 0.3) is 0 Å². The fourth-order valence-corrected chi connectivity index (χ4v) is 3.15. The van der Waals surface area contributed by atoms with Gasteiger partial charge in [0.2, 0.25) is 0 Å². The lowest BCUT2D eigenvalue weighted by Gasteiger charge is -2.27. The maximum atomic E-state index is 11.2. The fourth-order valence-electron chi connectivity index (χ4n) is 2.01. The van der Waals surface area contributed by atoms with E-state index in [9.17, 15) is 9.90 Å². The van der Waals surface area contributed by atoms with E-state index in [4.69, 9.17) is 15.6 Å².